The van der Waals surface area contributed by atoms with Crippen LogP contribution in [0.4, 0.5) is 55.3 Å². The minimum absolute atomic E-state index is 0.00440. The molecule has 4 aliphatic carbocycles. The van der Waals surface area contributed by atoms with Crippen molar-refractivity contribution in [2.45, 2.75) is 315 Å². The predicted octanol–water partition coefficient (Wildman–Crippen LogP) is 17.3. The van der Waals surface area contributed by atoms with Crippen LogP contribution in [0.3, 0.4) is 0 Å². The summed E-state index contributed by atoms with van der Waals surface area (Å²) >= 11 is 4.17. The van der Waals surface area contributed by atoms with Gasteiger partial charge in [0.05, 0.1) is 48.5 Å². The van der Waals surface area contributed by atoms with Gasteiger partial charge in [-0.15, -0.1) is 45.3 Å². The first kappa shape index (κ1) is 113. The van der Waals surface area contributed by atoms with E-state index in [0.29, 0.717) is 108 Å². The Morgan fingerprint density at radius 2 is 0.707 bits per heavy atom. The Morgan fingerprint density at radius 3 is 1.03 bits per heavy atom. The van der Waals surface area contributed by atoms with Gasteiger partial charge in [-0.2, -0.15) is 8.78 Å². The molecule has 16 rings (SSSR count). The average Bonchev–Trinajstić information content (AvgIpc) is 1.64. The quantitative estimate of drug-likeness (QED) is 0.0142. The van der Waals surface area contributed by atoms with Crippen LogP contribution in [0.25, 0.3) is 46.6 Å². The molecule has 798 valence electrons. The van der Waals surface area contributed by atoms with Gasteiger partial charge >= 0.3 is 6.61 Å². The van der Waals surface area contributed by atoms with E-state index in [9.17, 15) is 85.1 Å². The maximum atomic E-state index is 13.7. The molecule has 8 aromatic rings. The van der Waals surface area contributed by atoms with Crippen LogP contribution in [0.5, 0.6) is 5.75 Å². The largest absolute Gasteiger partial charge is 0.431 e. The topological polar surface area (TPSA) is 443 Å². The van der Waals surface area contributed by atoms with Gasteiger partial charge in [-0.05, 0) is 220 Å². The van der Waals surface area contributed by atoms with Crippen LogP contribution in [0, 0.1) is 26.3 Å². The van der Waals surface area contributed by atoms with Gasteiger partial charge in [-0.25, -0.2) is 62.3 Å². The Bertz CT molecular complexity index is 5920. The summed E-state index contributed by atoms with van der Waals surface area (Å²) in [6.45, 7) is 25.6. The Balaban J connectivity index is 0.000000164. The summed E-state index contributed by atoms with van der Waals surface area (Å²) in [5.41, 5.74) is 0.237. The van der Waals surface area contributed by atoms with E-state index in [1.165, 1.54) is 74.4 Å². The average molecular weight is 2120 g/mol. The molecular formula is C103H137F6N21O13S4. The zero-order valence-electron chi connectivity index (χ0n) is 85.2. The molecule has 34 nitrogen and oxygen atoms in total. The van der Waals surface area contributed by atoms with Crippen molar-refractivity contribution in [3.63, 3.8) is 0 Å². The summed E-state index contributed by atoms with van der Waals surface area (Å²) in [5.74, 6) is -0.684. The van der Waals surface area contributed by atoms with Gasteiger partial charge in [-0.1, -0.05) is 57.8 Å². The normalized spacial score (nSPS) is 17.6. The molecule has 1 atom stereocenters. The van der Waals surface area contributed by atoms with Gasteiger partial charge in [0.1, 0.15) is 64.9 Å². The monoisotopic (exact) mass is 2120 g/mol. The molecule has 8 amide bonds. The molecule has 0 radical (unpaired) electrons. The number of amides is 8. The molecular weight excluding hydrogens is 1980 g/mol. The molecule has 0 spiro atoms. The van der Waals surface area contributed by atoms with Gasteiger partial charge < -0.3 is 87.3 Å². The van der Waals surface area contributed by atoms with Crippen molar-refractivity contribution < 1.29 is 89.9 Å². The lowest BCUT2D eigenvalue weighted by molar-refractivity contribution is -0.0496. The molecule has 4 saturated carbocycles. The summed E-state index contributed by atoms with van der Waals surface area (Å²) in [7, 11) is 0. The standard InChI is InChI=1S/C26H34F3N5O4S.C26H33FN6O3S.C26H36FN5O3S.C25H34FN5O3S/c1-26(2,37)14-31-22(35)23-33-19(24(36)34-10-8-16(27)9-11-34)20(39-23)15-12-18(38-25(28)29)21(30-13-15)32-17-6-4-3-5-7-17;1-26(2,36)15-30-23(34)24-32-21(25(35)33-11-9-16(27)10-12-33)22(37-24)18-14-29-20(13-19(18)28-3)31-17-7-5-4-6-8-17;1-16-13-20(30-18-7-5-4-6-8-18)28-14-19(16)22-21(25(34)32-11-9-17(27)10-12-32)31-24(36-22)23(33)29-15-26(2,3)35;1-14-11-19(29-15(2)16-5-6-16)27-12-18(14)21-20(24(33)31-9-7-17(26)8-10-31)30-23(35-21)22(32)28-13-25(3,4)34/h12-13,16-17,25,37H,3-11,14H2,1-2H3,(H,30,32)(H,31,35);13-14,16-17,36H,4-12,15H2,1-2H3,(H,29,31)(H,30,34);13-14,17-18,35H,4-12,15H2,1-3H3,(H,28,30)(H,29,33);11-12,15-17,34H,5-10,13H2,1-4H3,(H,27,29)(H,28,32)/t;;;15-/m...0/s1. The van der Waals surface area contributed by atoms with Gasteiger partial charge in [0.25, 0.3) is 47.3 Å². The summed E-state index contributed by atoms with van der Waals surface area (Å²) in [6, 6.07) is 8.12. The van der Waals surface area contributed by atoms with E-state index in [2.05, 4.69) is 94.2 Å². The number of rotatable bonds is 31. The van der Waals surface area contributed by atoms with Gasteiger partial charge in [0.15, 0.2) is 31.6 Å². The fraction of sp³-hybridized carbons (Fsp3) is 0.602. The summed E-state index contributed by atoms with van der Waals surface area (Å²) in [4.78, 5) is 152. The first-order valence-electron chi connectivity index (χ1n) is 50.9. The Morgan fingerprint density at radius 1 is 0.408 bits per heavy atom. The van der Waals surface area contributed by atoms with Crippen molar-refractivity contribution in [1.82, 2.24) is 80.7 Å². The highest BCUT2D eigenvalue weighted by Gasteiger charge is 2.39. The molecule has 44 heteroatoms. The molecule has 147 heavy (non-hydrogen) atoms. The van der Waals surface area contributed by atoms with E-state index in [-0.39, 0.29) is 161 Å². The first-order chi connectivity index (χ1) is 69.8. The lowest BCUT2D eigenvalue weighted by Gasteiger charge is -2.28. The minimum atomic E-state index is -3.10. The maximum absolute atomic E-state index is 13.7. The van der Waals surface area contributed by atoms with Crippen LogP contribution in [0.15, 0.2) is 49.1 Å². The number of carbonyl (C=O) groups is 8. The number of carbonyl (C=O) groups excluding carboxylic acids is 8. The van der Waals surface area contributed by atoms with Crippen molar-refractivity contribution in [2.24, 2.45) is 5.92 Å². The van der Waals surface area contributed by atoms with Crippen molar-refractivity contribution >= 4 is 122 Å². The number of aryl methyl sites for hydroxylation is 2. The van der Waals surface area contributed by atoms with Crippen molar-refractivity contribution in [1.29, 1.82) is 0 Å². The zero-order valence-corrected chi connectivity index (χ0v) is 88.5. The number of hydrogen-bond acceptors (Lipinski definition) is 29. The number of nitrogens with one attached hydrogen (secondary N) is 8. The number of halogens is 6. The lowest BCUT2D eigenvalue weighted by Crippen LogP contribution is -2.39. The van der Waals surface area contributed by atoms with E-state index < -0.39 is 89.1 Å². The van der Waals surface area contributed by atoms with Gasteiger partial charge in [0, 0.05) is 150 Å². The number of anilines is 4. The van der Waals surface area contributed by atoms with Gasteiger partial charge in [0.2, 0.25) is 5.69 Å². The van der Waals surface area contributed by atoms with E-state index in [0.717, 1.165) is 150 Å². The molecule has 0 unspecified atom stereocenters. The van der Waals surface area contributed by atoms with Gasteiger partial charge in [-0.3, -0.25) is 38.4 Å². The number of aliphatic hydroxyl groups is 4. The number of alkyl halides is 6. The van der Waals surface area contributed by atoms with E-state index in [4.69, 9.17) is 11.3 Å². The summed E-state index contributed by atoms with van der Waals surface area (Å²) in [6.07, 6.45) is 23.9. The number of aromatic nitrogens is 8. The Hall–Kier alpha value is -11.2. The van der Waals surface area contributed by atoms with Crippen LogP contribution >= 0.6 is 45.3 Å². The Kier molecular flexibility index (Phi) is 39.1. The molecule has 12 heterocycles. The third kappa shape index (κ3) is 32.7. The summed E-state index contributed by atoms with van der Waals surface area (Å²) in [5, 5.41) is 64.3. The second-order valence-electron chi connectivity index (χ2n) is 41.8. The Labute approximate surface area is 869 Å². The molecule has 8 fully saturated rings. The number of hydrogen-bond donors (Lipinski definition) is 12. The van der Waals surface area contributed by atoms with Crippen LogP contribution in [0.2, 0.25) is 0 Å². The molecule has 0 bridgehead atoms. The lowest BCUT2D eigenvalue weighted by atomic mass is 9.95. The SMILES string of the molecule is CC(C)(O)CNC(=O)c1nc(C(=O)N2CCC(F)CC2)c(-c2cnc(NC3CCCCC3)c(OC(F)F)c2)s1.Cc1cc(NC2CCCCC2)ncc1-c1sc(C(=O)NCC(C)(C)O)nc1C(=O)N1CCC(F)CC1.Cc1cc(N[C@@H](C)C2CC2)ncc1-c1sc(C(=O)NCC(C)(C)O)nc1C(=O)N1CCC(F)CC1.[C-]#[N+]c1cc(NC2CCCCC2)ncc1-c1sc(C(=O)NCC(C)(C)O)nc1C(=O)N1CCC(F)CC1. The van der Waals surface area contributed by atoms with Crippen molar-refractivity contribution in [3.05, 3.63) is 114 Å². The van der Waals surface area contributed by atoms with E-state index >= 15 is 0 Å². The molecule has 8 aliphatic rings. The van der Waals surface area contributed by atoms with Crippen LogP contribution < -0.4 is 47.3 Å². The predicted molar refractivity (Wildman–Crippen MR) is 556 cm³/mol. The number of thiazole rings is 4. The highest BCUT2D eigenvalue weighted by molar-refractivity contribution is 7.18. The third-order valence-corrected chi connectivity index (χ3v) is 30.9. The van der Waals surface area contributed by atoms with Crippen molar-refractivity contribution in [2.75, 3.05) is 99.8 Å². The number of ether oxygens (including phenoxy) is 1. The van der Waals surface area contributed by atoms with E-state index in [1.807, 2.05) is 26.0 Å². The zero-order chi connectivity index (χ0) is 106. The number of pyridine rings is 4. The highest BCUT2D eigenvalue weighted by atomic mass is 32.1. The molecule has 12 N–H and O–H groups in total. The number of nitrogens with zero attached hydrogens (tertiary/aromatic N) is 13. The third-order valence-electron chi connectivity index (χ3n) is 26.5. The molecule has 4 saturated heterocycles. The number of likely N-dealkylation sites (tertiary alicyclic amines) is 4. The fourth-order valence-electron chi connectivity index (χ4n) is 18.0. The molecule has 4 aliphatic heterocycles. The maximum Gasteiger partial charge on any atom is 0.387 e. The van der Waals surface area contributed by atoms with Crippen LogP contribution in [0.1, 0.15) is 315 Å². The fourth-order valence-corrected chi connectivity index (χ4v) is 22.0. The highest BCUT2D eigenvalue weighted by Crippen LogP contribution is 2.44. The molecule has 0 aromatic carbocycles. The van der Waals surface area contributed by atoms with Crippen molar-refractivity contribution in [3.8, 4) is 47.5 Å². The smallest absolute Gasteiger partial charge is 0.387 e. The van der Waals surface area contributed by atoms with Crippen LogP contribution in [-0.4, -0.2) is 284 Å². The molecule has 8 aromatic heterocycles. The van der Waals surface area contributed by atoms with E-state index in [1.54, 1.807) is 76.0 Å². The second kappa shape index (κ2) is 50.9. The first-order valence-corrected chi connectivity index (χ1v) is 54.2. The van der Waals surface area contributed by atoms with Crippen LogP contribution in [-0.2, 0) is 0 Å². The second-order valence-corrected chi connectivity index (χ2v) is 45.8. The number of piperidine rings is 4. The minimum Gasteiger partial charge on any atom is -0.431 e. The summed E-state index contributed by atoms with van der Waals surface area (Å²) < 4.78 is 86.2.